The van der Waals surface area contributed by atoms with Crippen LogP contribution in [0.5, 0.6) is 0 Å². The lowest BCUT2D eigenvalue weighted by Crippen LogP contribution is -2.28. The van der Waals surface area contributed by atoms with Crippen molar-refractivity contribution in [1.82, 2.24) is 10.3 Å². The Balaban J connectivity index is 1.71. The minimum absolute atomic E-state index is 0.482. The van der Waals surface area contributed by atoms with Crippen LogP contribution in [-0.4, -0.2) is 24.1 Å². The number of rotatable bonds is 4. The number of aromatic nitrogens is 1. The molecule has 0 amide bonds. The fourth-order valence-corrected chi connectivity index (χ4v) is 3.03. The summed E-state index contributed by atoms with van der Waals surface area (Å²) in [7, 11) is 0. The second-order valence-electron chi connectivity index (χ2n) is 7.15. The van der Waals surface area contributed by atoms with E-state index in [4.69, 9.17) is 0 Å². The zero-order chi connectivity index (χ0) is 14.0. The van der Waals surface area contributed by atoms with E-state index in [0.717, 1.165) is 25.7 Å². The normalized spacial score (nSPS) is 22.6. The average molecular weight is 273 g/mol. The summed E-state index contributed by atoms with van der Waals surface area (Å²) in [4.78, 5) is 7.17. The Morgan fingerprint density at radius 1 is 1.30 bits per heavy atom. The van der Waals surface area contributed by atoms with Crippen LogP contribution in [0.25, 0.3) is 0 Å². The molecule has 1 N–H and O–H groups in total. The summed E-state index contributed by atoms with van der Waals surface area (Å²) in [6.45, 7) is 8.04. The average Bonchev–Trinajstić information content (AvgIpc) is 3.25. The highest BCUT2D eigenvalue weighted by Crippen LogP contribution is 2.32. The molecule has 2 heterocycles. The lowest BCUT2D eigenvalue weighted by molar-refractivity contribution is 0.325. The van der Waals surface area contributed by atoms with E-state index in [0.29, 0.717) is 5.41 Å². The summed E-state index contributed by atoms with van der Waals surface area (Å²) < 4.78 is 0. The van der Waals surface area contributed by atoms with Crippen LogP contribution in [0.1, 0.15) is 51.5 Å². The molecule has 1 saturated carbocycles. The van der Waals surface area contributed by atoms with Crippen LogP contribution in [-0.2, 0) is 6.54 Å². The lowest BCUT2D eigenvalue weighted by Gasteiger charge is -2.25. The minimum Gasteiger partial charge on any atom is -0.356 e. The molecule has 2 aliphatic rings. The summed E-state index contributed by atoms with van der Waals surface area (Å²) in [5, 5.41) is 3.62. The lowest BCUT2D eigenvalue weighted by atomic mass is 9.85. The van der Waals surface area contributed by atoms with Crippen LogP contribution in [0.15, 0.2) is 18.3 Å². The highest BCUT2D eigenvalue weighted by Gasteiger charge is 2.25. The van der Waals surface area contributed by atoms with Gasteiger partial charge in [0, 0.05) is 37.4 Å². The first kappa shape index (κ1) is 13.9. The molecule has 3 heteroatoms. The maximum atomic E-state index is 4.68. The predicted octanol–water partition coefficient (Wildman–Crippen LogP) is 3.35. The molecule has 110 valence electrons. The van der Waals surface area contributed by atoms with Gasteiger partial charge in [0.25, 0.3) is 0 Å². The monoisotopic (exact) mass is 273 g/mol. The Bertz CT molecular complexity index is 451. The van der Waals surface area contributed by atoms with Crippen molar-refractivity contribution in [3.63, 3.8) is 0 Å². The van der Waals surface area contributed by atoms with E-state index in [1.807, 2.05) is 6.20 Å². The minimum atomic E-state index is 0.482. The Kier molecular flexibility index (Phi) is 3.97. The van der Waals surface area contributed by atoms with Crippen molar-refractivity contribution in [2.45, 2.75) is 58.5 Å². The van der Waals surface area contributed by atoms with Crippen molar-refractivity contribution >= 4 is 5.82 Å². The summed E-state index contributed by atoms with van der Waals surface area (Å²) >= 11 is 0. The van der Waals surface area contributed by atoms with Gasteiger partial charge in [-0.1, -0.05) is 19.9 Å². The molecule has 0 unspecified atom stereocenters. The topological polar surface area (TPSA) is 28.2 Å². The van der Waals surface area contributed by atoms with Crippen LogP contribution in [0.2, 0.25) is 0 Å². The SMILES string of the molecule is CC1(C)CCCN(c2ncccc2CNC2CC2)CC1. The van der Waals surface area contributed by atoms with Gasteiger partial charge >= 0.3 is 0 Å². The quantitative estimate of drug-likeness (QED) is 0.912. The largest absolute Gasteiger partial charge is 0.356 e. The Morgan fingerprint density at radius 2 is 2.15 bits per heavy atom. The highest BCUT2D eigenvalue weighted by atomic mass is 15.2. The molecular formula is C17H27N3. The van der Waals surface area contributed by atoms with Gasteiger partial charge in [0.05, 0.1) is 0 Å². The molecule has 1 aliphatic heterocycles. The molecule has 20 heavy (non-hydrogen) atoms. The van der Waals surface area contributed by atoms with Crippen LogP contribution in [0, 0.1) is 5.41 Å². The second-order valence-corrected chi connectivity index (χ2v) is 7.15. The van der Waals surface area contributed by atoms with Gasteiger partial charge in [-0.05, 0) is 43.6 Å². The number of hydrogen-bond donors (Lipinski definition) is 1. The van der Waals surface area contributed by atoms with E-state index < -0.39 is 0 Å². The number of pyridine rings is 1. The molecule has 0 spiro atoms. The third-order valence-electron chi connectivity index (χ3n) is 4.67. The van der Waals surface area contributed by atoms with Gasteiger partial charge < -0.3 is 10.2 Å². The second kappa shape index (κ2) is 5.72. The Labute approximate surface area is 122 Å². The summed E-state index contributed by atoms with van der Waals surface area (Å²) in [6.07, 6.45) is 8.48. The van der Waals surface area contributed by atoms with Gasteiger partial charge in [-0.3, -0.25) is 0 Å². The third kappa shape index (κ3) is 3.51. The van der Waals surface area contributed by atoms with Crippen molar-refractivity contribution in [1.29, 1.82) is 0 Å². The number of nitrogens with one attached hydrogen (secondary N) is 1. The molecule has 2 fully saturated rings. The molecule has 1 saturated heterocycles. The first-order chi connectivity index (χ1) is 9.64. The molecule has 0 atom stereocenters. The predicted molar refractivity (Wildman–Crippen MR) is 83.9 cm³/mol. The Hall–Kier alpha value is -1.09. The molecule has 3 rings (SSSR count). The molecule has 1 aromatic heterocycles. The first-order valence-corrected chi connectivity index (χ1v) is 8.06. The van der Waals surface area contributed by atoms with E-state index in [1.54, 1.807) is 0 Å². The van der Waals surface area contributed by atoms with Gasteiger partial charge in [-0.25, -0.2) is 4.98 Å². The molecular weight excluding hydrogens is 246 g/mol. The number of nitrogens with zero attached hydrogens (tertiary/aromatic N) is 2. The Morgan fingerprint density at radius 3 is 2.95 bits per heavy atom. The van der Waals surface area contributed by atoms with E-state index in [-0.39, 0.29) is 0 Å². The van der Waals surface area contributed by atoms with Crippen molar-refractivity contribution in [3.05, 3.63) is 23.9 Å². The van der Waals surface area contributed by atoms with Crippen molar-refractivity contribution < 1.29 is 0 Å². The highest BCUT2D eigenvalue weighted by molar-refractivity contribution is 5.47. The third-order valence-corrected chi connectivity index (χ3v) is 4.67. The van der Waals surface area contributed by atoms with Crippen molar-refractivity contribution in [2.24, 2.45) is 5.41 Å². The van der Waals surface area contributed by atoms with Gasteiger partial charge in [0.2, 0.25) is 0 Å². The van der Waals surface area contributed by atoms with Gasteiger partial charge in [0.1, 0.15) is 5.82 Å². The van der Waals surface area contributed by atoms with Gasteiger partial charge in [0.15, 0.2) is 0 Å². The number of hydrogen-bond acceptors (Lipinski definition) is 3. The maximum Gasteiger partial charge on any atom is 0.133 e. The zero-order valence-electron chi connectivity index (χ0n) is 12.9. The zero-order valence-corrected chi connectivity index (χ0v) is 12.9. The van der Waals surface area contributed by atoms with E-state index in [9.17, 15) is 0 Å². The van der Waals surface area contributed by atoms with Crippen LogP contribution in [0.4, 0.5) is 5.82 Å². The number of anilines is 1. The van der Waals surface area contributed by atoms with Crippen LogP contribution >= 0.6 is 0 Å². The van der Waals surface area contributed by atoms with Gasteiger partial charge in [-0.2, -0.15) is 0 Å². The van der Waals surface area contributed by atoms with Crippen molar-refractivity contribution in [2.75, 3.05) is 18.0 Å². The molecule has 3 nitrogen and oxygen atoms in total. The molecule has 1 aliphatic carbocycles. The van der Waals surface area contributed by atoms with E-state index >= 15 is 0 Å². The van der Waals surface area contributed by atoms with E-state index in [2.05, 4.69) is 41.2 Å². The standard InChI is InChI=1S/C17H27N3/c1-17(2)8-4-11-20(12-9-17)16-14(5-3-10-18-16)13-19-15-6-7-15/h3,5,10,15,19H,4,6-9,11-13H2,1-2H3. The summed E-state index contributed by atoms with van der Waals surface area (Å²) in [5.74, 6) is 1.21. The molecule has 0 bridgehead atoms. The molecule has 0 radical (unpaired) electrons. The molecule has 1 aromatic rings. The summed E-state index contributed by atoms with van der Waals surface area (Å²) in [6, 6.07) is 5.05. The molecule has 0 aromatic carbocycles. The summed E-state index contributed by atoms with van der Waals surface area (Å²) in [5.41, 5.74) is 1.84. The first-order valence-electron chi connectivity index (χ1n) is 8.06. The fourth-order valence-electron chi connectivity index (χ4n) is 3.03. The smallest absolute Gasteiger partial charge is 0.133 e. The van der Waals surface area contributed by atoms with Crippen molar-refractivity contribution in [3.8, 4) is 0 Å². The van der Waals surface area contributed by atoms with Crippen LogP contribution < -0.4 is 10.2 Å². The van der Waals surface area contributed by atoms with Gasteiger partial charge in [-0.15, -0.1) is 0 Å². The van der Waals surface area contributed by atoms with Crippen LogP contribution in [0.3, 0.4) is 0 Å². The van der Waals surface area contributed by atoms with E-state index in [1.165, 1.54) is 43.5 Å². The maximum absolute atomic E-state index is 4.68. The fraction of sp³-hybridized carbons (Fsp3) is 0.706.